The number of alkyl halides is 1. The molecular formula is C13H20BrNO2S. The van der Waals surface area contributed by atoms with Crippen LogP contribution in [0, 0.1) is 0 Å². The second-order valence-corrected chi connectivity index (χ2v) is 7.14. The van der Waals surface area contributed by atoms with E-state index in [1.807, 2.05) is 12.1 Å². The molecule has 0 radical (unpaired) electrons. The van der Waals surface area contributed by atoms with Gasteiger partial charge in [-0.25, -0.2) is 8.42 Å². The van der Waals surface area contributed by atoms with Crippen LogP contribution in [0.3, 0.4) is 0 Å². The monoisotopic (exact) mass is 333 g/mol. The third-order valence-electron chi connectivity index (χ3n) is 2.79. The second-order valence-electron chi connectivity index (χ2n) is 4.07. The highest BCUT2D eigenvalue weighted by molar-refractivity contribution is 9.09. The van der Waals surface area contributed by atoms with Crippen molar-refractivity contribution in [3.05, 3.63) is 24.3 Å². The maximum absolute atomic E-state index is 11.7. The van der Waals surface area contributed by atoms with E-state index in [1.54, 1.807) is 19.1 Å². The Morgan fingerprint density at radius 2 is 1.72 bits per heavy atom. The molecule has 0 amide bonds. The van der Waals surface area contributed by atoms with Gasteiger partial charge >= 0.3 is 0 Å². The molecule has 1 aromatic carbocycles. The van der Waals surface area contributed by atoms with Crippen LogP contribution in [0.4, 0.5) is 5.69 Å². The zero-order valence-electron chi connectivity index (χ0n) is 10.9. The van der Waals surface area contributed by atoms with Gasteiger partial charge in [0.05, 0.1) is 10.6 Å². The van der Waals surface area contributed by atoms with Crippen LogP contribution in [0.1, 0.15) is 20.3 Å². The van der Waals surface area contributed by atoms with E-state index in [1.165, 1.54) is 0 Å². The van der Waals surface area contributed by atoms with Crippen molar-refractivity contribution in [2.75, 3.05) is 29.1 Å². The Labute approximate surface area is 118 Å². The lowest BCUT2D eigenvalue weighted by molar-refractivity contribution is 0.597. The van der Waals surface area contributed by atoms with E-state index in [4.69, 9.17) is 0 Å². The average molecular weight is 334 g/mol. The Morgan fingerprint density at radius 1 is 1.11 bits per heavy atom. The molecule has 0 saturated carbocycles. The molecule has 102 valence electrons. The third kappa shape index (κ3) is 3.99. The molecule has 0 heterocycles. The summed E-state index contributed by atoms with van der Waals surface area (Å²) >= 11 is 3.44. The fourth-order valence-electron chi connectivity index (χ4n) is 1.77. The predicted octanol–water partition coefficient (Wildman–Crippen LogP) is 3.09. The largest absolute Gasteiger partial charge is 0.371 e. The normalized spacial score (nSPS) is 11.5. The summed E-state index contributed by atoms with van der Waals surface area (Å²) in [6.45, 7) is 5.70. The molecule has 0 unspecified atom stereocenters. The molecule has 0 fully saturated rings. The van der Waals surface area contributed by atoms with Gasteiger partial charge in [-0.05, 0) is 30.7 Å². The molecule has 1 aromatic rings. The number of benzene rings is 1. The molecule has 0 N–H and O–H groups in total. The van der Waals surface area contributed by atoms with Crippen LogP contribution >= 0.6 is 15.9 Å². The van der Waals surface area contributed by atoms with Gasteiger partial charge in [-0.2, -0.15) is 0 Å². The number of sulfone groups is 1. The minimum atomic E-state index is -3.09. The standard InChI is InChI=1S/C13H20BrNO2S/c1-3-10-15(11-9-14)12-5-7-13(8-6-12)18(16,17)4-2/h5-8H,3-4,9-11H2,1-2H3. The first-order chi connectivity index (χ1) is 8.55. The summed E-state index contributed by atoms with van der Waals surface area (Å²) in [6, 6.07) is 7.18. The smallest absolute Gasteiger partial charge is 0.178 e. The van der Waals surface area contributed by atoms with Crippen molar-refractivity contribution in [1.29, 1.82) is 0 Å². The number of hydrogen-bond donors (Lipinski definition) is 0. The van der Waals surface area contributed by atoms with Crippen molar-refractivity contribution in [1.82, 2.24) is 0 Å². The molecule has 0 atom stereocenters. The molecule has 3 nitrogen and oxygen atoms in total. The number of nitrogens with zero attached hydrogens (tertiary/aromatic N) is 1. The van der Waals surface area contributed by atoms with Crippen molar-refractivity contribution < 1.29 is 8.42 Å². The minimum absolute atomic E-state index is 0.145. The molecule has 0 aliphatic rings. The van der Waals surface area contributed by atoms with E-state index in [0.29, 0.717) is 4.90 Å². The summed E-state index contributed by atoms with van der Waals surface area (Å²) in [5, 5.41) is 0.905. The fraction of sp³-hybridized carbons (Fsp3) is 0.538. The van der Waals surface area contributed by atoms with Gasteiger partial charge in [-0.3, -0.25) is 0 Å². The van der Waals surface area contributed by atoms with Crippen LogP contribution in [-0.4, -0.2) is 32.6 Å². The summed E-state index contributed by atoms with van der Waals surface area (Å²) in [4.78, 5) is 2.65. The highest BCUT2D eigenvalue weighted by atomic mass is 79.9. The summed E-state index contributed by atoms with van der Waals surface area (Å²) in [5.41, 5.74) is 1.08. The van der Waals surface area contributed by atoms with E-state index in [0.717, 1.165) is 30.5 Å². The van der Waals surface area contributed by atoms with Crippen LogP contribution in [0.15, 0.2) is 29.2 Å². The molecule has 0 spiro atoms. The lowest BCUT2D eigenvalue weighted by Crippen LogP contribution is -2.26. The van der Waals surface area contributed by atoms with E-state index in [9.17, 15) is 8.42 Å². The zero-order valence-corrected chi connectivity index (χ0v) is 13.3. The first-order valence-electron chi connectivity index (χ1n) is 6.19. The fourth-order valence-corrected chi connectivity index (χ4v) is 3.09. The molecule has 0 aliphatic heterocycles. The molecule has 0 saturated heterocycles. The maximum Gasteiger partial charge on any atom is 0.178 e. The van der Waals surface area contributed by atoms with Crippen LogP contribution < -0.4 is 4.90 Å². The van der Waals surface area contributed by atoms with E-state index < -0.39 is 9.84 Å². The molecular weight excluding hydrogens is 314 g/mol. The van der Waals surface area contributed by atoms with Crippen molar-refractivity contribution >= 4 is 31.5 Å². The first kappa shape index (κ1) is 15.5. The van der Waals surface area contributed by atoms with Crippen molar-refractivity contribution in [3.8, 4) is 0 Å². The second kappa shape index (κ2) is 7.14. The van der Waals surface area contributed by atoms with Gasteiger partial charge in [0.2, 0.25) is 0 Å². The van der Waals surface area contributed by atoms with Gasteiger partial charge in [0, 0.05) is 24.1 Å². The highest BCUT2D eigenvalue weighted by Gasteiger charge is 2.12. The van der Waals surface area contributed by atoms with Crippen LogP contribution in [0.2, 0.25) is 0 Å². The van der Waals surface area contributed by atoms with Gasteiger partial charge in [0.1, 0.15) is 0 Å². The Kier molecular flexibility index (Phi) is 6.15. The third-order valence-corrected chi connectivity index (χ3v) is 4.89. The lowest BCUT2D eigenvalue weighted by Gasteiger charge is -2.23. The summed E-state index contributed by atoms with van der Waals surface area (Å²) in [5.74, 6) is 0.145. The highest BCUT2D eigenvalue weighted by Crippen LogP contribution is 2.19. The maximum atomic E-state index is 11.7. The van der Waals surface area contributed by atoms with Crippen LogP contribution in [0.5, 0.6) is 0 Å². The topological polar surface area (TPSA) is 37.4 Å². The van der Waals surface area contributed by atoms with Gasteiger partial charge in [0.25, 0.3) is 0 Å². The Balaban J connectivity index is 2.93. The van der Waals surface area contributed by atoms with Gasteiger partial charge in [-0.15, -0.1) is 0 Å². The van der Waals surface area contributed by atoms with Crippen LogP contribution in [-0.2, 0) is 9.84 Å². The average Bonchev–Trinajstić information content (AvgIpc) is 2.39. The van der Waals surface area contributed by atoms with E-state index in [-0.39, 0.29) is 5.75 Å². The Hall–Kier alpha value is -0.550. The minimum Gasteiger partial charge on any atom is -0.371 e. The number of anilines is 1. The van der Waals surface area contributed by atoms with Gasteiger partial charge in [-0.1, -0.05) is 29.8 Å². The van der Waals surface area contributed by atoms with E-state index >= 15 is 0 Å². The molecule has 5 heteroatoms. The zero-order chi connectivity index (χ0) is 13.6. The SMILES string of the molecule is CCCN(CCBr)c1ccc(S(=O)(=O)CC)cc1. The van der Waals surface area contributed by atoms with Crippen molar-refractivity contribution in [2.24, 2.45) is 0 Å². The van der Waals surface area contributed by atoms with Crippen molar-refractivity contribution in [3.63, 3.8) is 0 Å². The number of hydrogen-bond acceptors (Lipinski definition) is 3. The quantitative estimate of drug-likeness (QED) is 0.719. The molecule has 1 rings (SSSR count). The molecule has 18 heavy (non-hydrogen) atoms. The van der Waals surface area contributed by atoms with Crippen molar-refractivity contribution in [2.45, 2.75) is 25.2 Å². The Morgan fingerprint density at radius 3 is 2.17 bits per heavy atom. The first-order valence-corrected chi connectivity index (χ1v) is 8.96. The summed E-state index contributed by atoms with van der Waals surface area (Å²) < 4.78 is 23.4. The summed E-state index contributed by atoms with van der Waals surface area (Å²) in [7, 11) is -3.09. The number of rotatable bonds is 7. The summed E-state index contributed by atoms with van der Waals surface area (Å²) in [6.07, 6.45) is 1.07. The Bertz CT molecular complexity index is 450. The van der Waals surface area contributed by atoms with Gasteiger partial charge < -0.3 is 4.90 Å². The lowest BCUT2D eigenvalue weighted by atomic mass is 10.2. The van der Waals surface area contributed by atoms with Crippen LogP contribution in [0.25, 0.3) is 0 Å². The molecule has 0 aromatic heterocycles. The molecule has 0 bridgehead atoms. The van der Waals surface area contributed by atoms with E-state index in [2.05, 4.69) is 27.8 Å². The number of halogens is 1. The predicted molar refractivity (Wildman–Crippen MR) is 80.5 cm³/mol. The van der Waals surface area contributed by atoms with Gasteiger partial charge in [0.15, 0.2) is 9.84 Å². The molecule has 0 aliphatic carbocycles.